The molecule has 0 aliphatic carbocycles. The number of hydrogen-bond acceptors (Lipinski definition) is 2. The summed E-state index contributed by atoms with van der Waals surface area (Å²) in [6, 6.07) is 0. The van der Waals surface area contributed by atoms with Gasteiger partial charge in [0, 0.05) is 0 Å². The molecule has 0 unspecified atom stereocenters. The molecule has 2 heteroatoms. The Labute approximate surface area is 87.7 Å². The molecule has 0 rings (SSSR count). The minimum Gasteiger partial charge on any atom is -0.390 e. The van der Waals surface area contributed by atoms with E-state index < -0.39 is 11.2 Å². The predicted molar refractivity (Wildman–Crippen MR) is 60.2 cm³/mol. The Bertz CT molecular complexity index is 185. The molecule has 2 N–H and O–H groups in total. The van der Waals surface area contributed by atoms with Crippen LogP contribution in [0.15, 0.2) is 12.2 Å². The van der Waals surface area contributed by atoms with Crippen molar-refractivity contribution >= 4 is 0 Å². The average molecular weight is 200 g/mol. The minimum atomic E-state index is -0.723. The van der Waals surface area contributed by atoms with Crippen LogP contribution in [-0.2, 0) is 0 Å². The molecule has 0 aliphatic heterocycles. The van der Waals surface area contributed by atoms with Crippen molar-refractivity contribution in [1.29, 1.82) is 0 Å². The average Bonchev–Trinajstić information content (AvgIpc) is 2.00. The van der Waals surface area contributed by atoms with E-state index in [1.807, 2.05) is 13.8 Å². The Morgan fingerprint density at radius 3 is 1.79 bits per heavy atom. The Balaban J connectivity index is 4.18. The number of rotatable bonds is 6. The molecule has 0 aromatic carbocycles. The van der Waals surface area contributed by atoms with Crippen LogP contribution in [0, 0.1) is 0 Å². The smallest absolute Gasteiger partial charge is 0.0679 e. The van der Waals surface area contributed by atoms with E-state index in [-0.39, 0.29) is 0 Å². The summed E-state index contributed by atoms with van der Waals surface area (Å²) >= 11 is 0. The summed E-state index contributed by atoms with van der Waals surface area (Å²) in [6.45, 7) is 11.4. The molecule has 0 atom stereocenters. The van der Waals surface area contributed by atoms with Crippen LogP contribution in [0.2, 0.25) is 0 Å². The van der Waals surface area contributed by atoms with Gasteiger partial charge in [-0.2, -0.15) is 0 Å². The highest BCUT2D eigenvalue weighted by molar-refractivity contribution is 5.04. The van der Waals surface area contributed by atoms with Gasteiger partial charge in [0.1, 0.15) is 0 Å². The van der Waals surface area contributed by atoms with Crippen LogP contribution in [0.5, 0.6) is 0 Å². The third kappa shape index (κ3) is 5.40. The van der Waals surface area contributed by atoms with E-state index in [4.69, 9.17) is 0 Å². The Morgan fingerprint density at radius 1 is 1.07 bits per heavy atom. The topological polar surface area (TPSA) is 40.5 Å². The van der Waals surface area contributed by atoms with Crippen molar-refractivity contribution in [2.24, 2.45) is 0 Å². The highest BCUT2D eigenvalue weighted by Crippen LogP contribution is 2.27. The maximum absolute atomic E-state index is 10.1. The summed E-state index contributed by atoms with van der Waals surface area (Å²) in [6.07, 6.45) is 2.60. The highest BCUT2D eigenvalue weighted by atomic mass is 16.3. The van der Waals surface area contributed by atoms with E-state index in [2.05, 4.69) is 6.58 Å². The van der Waals surface area contributed by atoms with Gasteiger partial charge in [-0.05, 0) is 39.5 Å². The maximum atomic E-state index is 10.1. The van der Waals surface area contributed by atoms with E-state index in [1.54, 1.807) is 13.8 Å². The van der Waals surface area contributed by atoms with Gasteiger partial charge in [0.2, 0.25) is 0 Å². The van der Waals surface area contributed by atoms with Gasteiger partial charge in [-0.15, -0.1) is 0 Å². The van der Waals surface area contributed by atoms with Crippen LogP contribution in [0.1, 0.15) is 53.4 Å². The molecule has 0 radical (unpaired) electrons. The summed E-state index contributed by atoms with van der Waals surface area (Å²) in [7, 11) is 0. The normalized spacial score (nSPS) is 13.0. The van der Waals surface area contributed by atoms with Crippen molar-refractivity contribution in [2.45, 2.75) is 64.6 Å². The van der Waals surface area contributed by atoms with Crippen LogP contribution in [0.25, 0.3) is 0 Å². The highest BCUT2D eigenvalue weighted by Gasteiger charge is 2.25. The fourth-order valence-corrected chi connectivity index (χ4v) is 1.64. The fourth-order valence-electron chi connectivity index (χ4n) is 1.64. The second-order valence-electron chi connectivity index (χ2n) is 4.85. The third-order valence-electron chi connectivity index (χ3n) is 2.58. The molecule has 0 aromatic heterocycles. The van der Waals surface area contributed by atoms with E-state index in [0.29, 0.717) is 12.8 Å². The first-order chi connectivity index (χ1) is 6.22. The van der Waals surface area contributed by atoms with Gasteiger partial charge in [-0.3, -0.25) is 0 Å². The summed E-state index contributed by atoms with van der Waals surface area (Å²) in [4.78, 5) is 0. The van der Waals surface area contributed by atoms with Gasteiger partial charge in [-0.25, -0.2) is 0 Å². The second-order valence-corrected chi connectivity index (χ2v) is 4.85. The van der Waals surface area contributed by atoms with Crippen molar-refractivity contribution < 1.29 is 10.2 Å². The molecule has 0 saturated carbocycles. The SMILES string of the molecule is C=C(CC(C)(C)O)CC(O)(CC)CC. The van der Waals surface area contributed by atoms with Gasteiger partial charge in [-0.1, -0.05) is 26.0 Å². The van der Waals surface area contributed by atoms with Gasteiger partial charge < -0.3 is 10.2 Å². The molecule has 0 heterocycles. The molecule has 14 heavy (non-hydrogen) atoms. The number of hydrogen-bond donors (Lipinski definition) is 2. The van der Waals surface area contributed by atoms with Gasteiger partial charge >= 0.3 is 0 Å². The fraction of sp³-hybridized carbons (Fsp3) is 0.833. The van der Waals surface area contributed by atoms with Gasteiger partial charge in [0.05, 0.1) is 11.2 Å². The minimum absolute atomic E-state index is 0.551. The van der Waals surface area contributed by atoms with Crippen molar-refractivity contribution in [3.05, 3.63) is 12.2 Å². The maximum Gasteiger partial charge on any atom is 0.0679 e. The number of aliphatic hydroxyl groups is 2. The molecule has 0 bridgehead atoms. The summed E-state index contributed by atoms with van der Waals surface area (Å²) in [5.74, 6) is 0. The lowest BCUT2D eigenvalue weighted by Crippen LogP contribution is -2.29. The van der Waals surface area contributed by atoms with E-state index >= 15 is 0 Å². The second kappa shape index (κ2) is 4.94. The first kappa shape index (κ1) is 13.7. The standard InChI is InChI=1S/C12H24O2/c1-6-12(14,7-2)9-10(3)8-11(4,5)13/h13-14H,3,6-9H2,1-2,4-5H3. The summed E-state index contributed by atoms with van der Waals surface area (Å²) < 4.78 is 0. The van der Waals surface area contributed by atoms with E-state index in [9.17, 15) is 10.2 Å². The van der Waals surface area contributed by atoms with Gasteiger partial charge in [0.15, 0.2) is 0 Å². The first-order valence-electron chi connectivity index (χ1n) is 5.34. The molecule has 0 spiro atoms. The molecule has 0 aromatic rings. The van der Waals surface area contributed by atoms with Crippen LogP contribution >= 0.6 is 0 Å². The zero-order valence-corrected chi connectivity index (χ0v) is 9.93. The summed E-state index contributed by atoms with van der Waals surface area (Å²) in [5.41, 5.74) is -0.439. The molecule has 0 aliphatic rings. The van der Waals surface area contributed by atoms with Crippen molar-refractivity contribution in [2.75, 3.05) is 0 Å². The molecule has 2 nitrogen and oxygen atoms in total. The lowest BCUT2D eigenvalue weighted by atomic mass is 9.86. The zero-order valence-electron chi connectivity index (χ0n) is 9.93. The molecular formula is C12H24O2. The largest absolute Gasteiger partial charge is 0.390 e. The Hall–Kier alpha value is -0.340. The van der Waals surface area contributed by atoms with Crippen LogP contribution in [0.3, 0.4) is 0 Å². The van der Waals surface area contributed by atoms with Crippen molar-refractivity contribution in [1.82, 2.24) is 0 Å². The van der Waals surface area contributed by atoms with Crippen LogP contribution in [-0.4, -0.2) is 21.4 Å². The lowest BCUT2D eigenvalue weighted by molar-refractivity contribution is 0.0264. The van der Waals surface area contributed by atoms with Crippen molar-refractivity contribution in [3.63, 3.8) is 0 Å². The monoisotopic (exact) mass is 200 g/mol. The first-order valence-corrected chi connectivity index (χ1v) is 5.34. The van der Waals surface area contributed by atoms with E-state index in [0.717, 1.165) is 18.4 Å². The Morgan fingerprint density at radius 2 is 1.50 bits per heavy atom. The van der Waals surface area contributed by atoms with Crippen molar-refractivity contribution in [3.8, 4) is 0 Å². The summed E-state index contributed by atoms with van der Waals surface area (Å²) in [5, 5.41) is 19.6. The molecule has 0 saturated heterocycles. The third-order valence-corrected chi connectivity index (χ3v) is 2.58. The molecule has 84 valence electrons. The quantitative estimate of drug-likeness (QED) is 0.647. The Kier molecular flexibility index (Phi) is 4.82. The zero-order chi connectivity index (χ0) is 11.4. The lowest BCUT2D eigenvalue weighted by Gasteiger charge is -2.28. The van der Waals surface area contributed by atoms with Gasteiger partial charge in [0.25, 0.3) is 0 Å². The molecule has 0 amide bonds. The van der Waals surface area contributed by atoms with Crippen LogP contribution < -0.4 is 0 Å². The van der Waals surface area contributed by atoms with Crippen LogP contribution in [0.4, 0.5) is 0 Å². The van der Waals surface area contributed by atoms with E-state index in [1.165, 1.54) is 0 Å². The molecule has 0 fully saturated rings. The predicted octanol–water partition coefficient (Wildman–Crippen LogP) is 2.64. The molecular weight excluding hydrogens is 176 g/mol.